The number of aryl methyl sites for hydroxylation is 1. The molecule has 0 aliphatic heterocycles. The van der Waals surface area contributed by atoms with Gasteiger partial charge in [0.05, 0.1) is 23.9 Å². The van der Waals surface area contributed by atoms with Crippen molar-refractivity contribution in [3.63, 3.8) is 0 Å². The first kappa shape index (κ1) is 15.5. The Morgan fingerprint density at radius 2 is 1.87 bits per heavy atom. The predicted octanol–water partition coefficient (Wildman–Crippen LogP) is 4.90. The van der Waals surface area contributed by atoms with Gasteiger partial charge in [-0.3, -0.25) is 0 Å². The summed E-state index contributed by atoms with van der Waals surface area (Å²) in [6.45, 7) is 2.08. The second kappa shape index (κ2) is 6.39. The van der Waals surface area contributed by atoms with E-state index in [0.29, 0.717) is 10.6 Å². The van der Waals surface area contributed by atoms with Crippen molar-refractivity contribution in [1.82, 2.24) is 4.98 Å². The minimum Gasteiger partial charge on any atom is -0.465 e. The number of rotatable bonds is 3. The Balaban J connectivity index is 2.25. The maximum absolute atomic E-state index is 12.2. The summed E-state index contributed by atoms with van der Waals surface area (Å²) >= 11 is 5.94. The van der Waals surface area contributed by atoms with Crippen molar-refractivity contribution < 1.29 is 9.53 Å². The molecule has 4 heteroatoms. The second-order valence-electron chi connectivity index (χ2n) is 5.26. The first-order chi connectivity index (χ1) is 11.1. The van der Waals surface area contributed by atoms with Crippen LogP contribution in [0.5, 0.6) is 0 Å². The number of fused-ring (bicyclic) bond motifs is 1. The molecule has 1 aromatic heterocycles. The van der Waals surface area contributed by atoms with Crippen LogP contribution in [0.15, 0.2) is 48.5 Å². The zero-order valence-corrected chi connectivity index (χ0v) is 13.7. The zero-order valence-electron chi connectivity index (χ0n) is 13.0. The van der Waals surface area contributed by atoms with Gasteiger partial charge in [-0.05, 0) is 42.3 Å². The van der Waals surface area contributed by atoms with Gasteiger partial charge >= 0.3 is 5.97 Å². The first-order valence-corrected chi connectivity index (χ1v) is 7.78. The van der Waals surface area contributed by atoms with Crippen molar-refractivity contribution in [2.75, 3.05) is 7.11 Å². The predicted molar refractivity (Wildman–Crippen MR) is 92.9 cm³/mol. The SMILES string of the molecule is CCc1ccc2nc(-c3ccc(Cl)cc3)cc(C(=O)OC)c2c1. The third-order valence-electron chi connectivity index (χ3n) is 3.83. The fourth-order valence-electron chi connectivity index (χ4n) is 2.54. The molecule has 116 valence electrons. The number of ether oxygens (including phenoxy) is 1. The molecule has 3 nitrogen and oxygen atoms in total. The van der Waals surface area contributed by atoms with Gasteiger partial charge in [-0.1, -0.05) is 36.7 Å². The highest BCUT2D eigenvalue weighted by Gasteiger charge is 2.14. The van der Waals surface area contributed by atoms with Crippen LogP contribution in [0.1, 0.15) is 22.8 Å². The van der Waals surface area contributed by atoms with Crippen LogP contribution in [0.2, 0.25) is 5.02 Å². The Morgan fingerprint density at radius 1 is 1.13 bits per heavy atom. The summed E-state index contributed by atoms with van der Waals surface area (Å²) in [6, 6.07) is 15.1. The molecule has 0 aliphatic rings. The molecule has 0 N–H and O–H groups in total. The van der Waals surface area contributed by atoms with E-state index in [9.17, 15) is 4.79 Å². The molecule has 0 saturated heterocycles. The van der Waals surface area contributed by atoms with Gasteiger partial charge in [-0.2, -0.15) is 0 Å². The van der Waals surface area contributed by atoms with E-state index in [2.05, 4.69) is 11.9 Å². The number of nitrogens with zero attached hydrogens (tertiary/aromatic N) is 1. The van der Waals surface area contributed by atoms with Gasteiger partial charge in [0.15, 0.2) is 0 Å². The standard InChI is InChI=1S/C19H16ClNO2/c1-3-12-4-9-17-15(10-12)16(19(22)23-2)11-18(21-17)13-5-7-14(20)8-6-13/h4-11H,3H2,1-2H3. The van der Waals surface area contributed by atoms with E-state index < -0.39 is 0 Å². The Kier molecular flexibility index (Phi) is 4.30. The molecule has 0 bridgehead atoms. The lowest BCUT2D eigenvalue weighted by Gasteiger charge is -2.10. The molecule has 23 heavy (non-hydrogen) atoms. The molecule has 0 fully saturated rings. The van der Waals surface area contributed by atoms with Crippen LogP contribution in [0.25, 0.3) is 22.2 Å². The van der Waals surface area contributed by atoms with E-state index in [1.54, 1.807) is 18.2 Å². The fraction of sp³-hybridized carbons (Fsp3) is 0.158. The first-order valence-electron chi connectivity index (χ1n) is 7.40. The molecule has 0 atom stereocenters. The van der Waals surface area contributed by atoms with Gasteiger partial charge in [0, 0.05) is 16.0 Å². The Hall–Kier alpha value is -2.39. The summed E-state index contributed by atoms with van der Waals surface area (Å²) in [7, 11) is 1.39. The van der Waals surface area contributed by atoms with E-state index in [1.807, 2.05) is 30.3 Å². The summed E-state index contributed by atoms with van der Waals surface area (Å²) < 4.78 is 4.94. The van der Waals surface area contributed by atoms with Crippen molar-refractivity contribution >= 4 is 28.5 Å². The van der Waals surface area contributed by atoms with E-state index in [4.69, 9.17) is 16.3 Å². The average Bonchev–Trinajstić information content (AvgIpc) is 2.60. The molecule has 0 amide bonds. The molecular formula is C19H16ClNO2. The molecule has 0 saturated carbocycles. The molecule has 3 rings (SSSR count). The van der Waals surface area contributed by atoms with Gasteiger partial charge in [0.1, 0.15) is 0 Å². The minimum absolute atomic E-state index is 0.360. The van der Waals surface area contributed by atoms with Crippen molar-refractivity contribution in [2.24, 2.45) is 0 Å². The monoisotopic (exact) mass is 325 g/mol. The third-order valence-corrected chi connectivity index (χ3v) is 4.08. The van der Waals surface area contributed by atoms with E-state index >= 15 is 0 Å². The second-order valence-corrected chi connectivity index (χ2v) is 5.70. The molecule has 0 spiro atoms. The van der Waals surface area contributed by atoms with E-state index in [0.717, 1.165) is 34.1 Å². The molecule has 0 radical (unpaired) electrons. The molecule has 2 aromatic carbocycles. The number of aromatic nitrogens is 1. The number of benzene rings is 2. The van der Waals surface area contributed by atoms with Crippen LogP contribution >= 0.6 is 11.6 Å². The van der Waals surface area contributed by atoms with Gasteiger partial charge in [-0.25, -0.2) is 9.78 Å². The lowest BCUT2D eigenvalue weighted by molar-refractivity contribution is 0.0603. The normalized spacial score (nSPS) is 10.7. The van der Waals surface area contributed by atoms with E-state index in [1.165, 1.54) is 7.11 Å². The number of methoxy groups -OCH3 is 1. The molecular weight excluding hydrogens is 310 g/mol. The maximum atomic E-state index is 12.2. The Labute approximate surface area is 139 Å². The van der Waals surface area contributed by atoms with Crippen molar-refractivity contribution in [1.29, 1.82) is 0 Å². The Bertz CT molecular complexity index is 872. The largest absolute Gasteiger partial charge is 0.465 e. The van der Waals surface area contributed by atoms with E-state index in [-0.39, 0.29) is 5.97 Å². The lowest BCUT2D eigenvalue weighted by atomic mass is 10.0. The number of hydrogen-bond acceptors (Lipinski definition) is 3. The summed E-state index contributed by atoms with van der Waals surface area (Å²) in [4.78, 5) is 16.9. The number of hydrogen-bond donors (Lipinski definition) is 0. The van der Waals surface area contributed by atoms with Gasteiger partial charge < -0.3 is 4.74 Å². The summed E-state index contributed by atoms with van der Waals surface area (Å²) in [5.41, 5.74) is 4.08. The van der Waals surface area contributed by atoms with Crippen molar-refractivity contribution in [2.45, 2.75) is 13.3 Å². The van der Waals surface area contributed by atoms with Crippen molar-refractivity contribution in [3.8, 4) is 11.3 Å². The number of pyridine rings is 1. The topological polar surface area (TPSA) is 39.2 Å². The van der Waals surface area contributed by atoms with Crippen LogP contribution in [0.3, 0.4) is 0 Å². The number of carbonyl (C=O) groups is 1. The third kappa shape index (κ3) is 3.06. The van der Waals surface area contributed by atoms with Crippen molar-refractivity contribution in [3.05, 3.63) is 64.7 Å². The number of esters is 1. The fourth-order valence-corrected chi connectivity index (χ4v) is 2.67. The lowest BCUT2D eigenvalue weighted by Crippen LogP contribution is -2.04. The highest BCUT2D eigenvalue weighted by molar-refractivity contribution is 6.30. The molecule has 0 unspecified atom stereocenters. The molecule has 1 heterocycles. The summed E-state index contributed by atoms with van der Waals surface area (Å²) in [5.74, 6) is -0.360. The zero-order chi connectivity index (χ0) is 16.4. The van der Waals surface area contributed by atoms with Gasteiger partial charge in [0.25, 0.3) is 0 Å². The average molecular weight is 326 g/mol. The van der Waals surface area contributed by atoms with Crippen LogP contribution in [0, 0.1) is 0 Å². The van der Waals surface area contributed by atoms with Crippen LogP contribution in [-0.2, 0) is 11.2 Å². The minimum atomic E-state index is -0.360. The molecule has 0 aliphatic carbocycles. The highest BCUT2D eigenvalue weighted by Crippen LogP contribution is 2.27. The Morgan fingerprint density at radius 3 is 2.52 bits per heavy atom. The van der Waals surface area contributed by atoms with Crippen LogP contribution in [-0.4, -0.2) is 18.1 Å². The smallest absolute Gasteiger partial charge is 0.338 e. The maximum Gasteiger partial charge on any atom is 0.338 e. The number of halogens is 1. The summed E-state index contributed by atoms with van der Waals surface area (Å²) in [5, 5.41) is 1.48. The quantitative estimate of drug-likeness (QED) is 0.643. The van der Waals surface area contributed by atoms with Gasteiger partial charge in [-0.15, -0.1) is 0 Å². The van der Waals surface area contributed by atoms with Crippen LogP contribution < -0.4 is 0 Å². The highest BCUT2D eigenvalue weighted by atomic mass is 35.5. The van der Waals surface area contributed by atoms with Gasteiger partial charge in [0.2, 0.25) is 0 Å². The summed E-state index contributed by atoms with van der Waals surface area (Å²) in [6.07, 6.45) is 0.898. The molecule has 3 aromatic rings. The number of carbonyl (C=O) groups excluding carboxylic acids is 1. The van der Waals surface area contributed by atoms with Crippen LogP contribution in [0.4, 0.5) is 0 Å².